The maximum absolute atomic E-state index is 12.0. The third-order valence-electron chi connectivity index (χ3n) is 2.72. The number of ether oxygens (including phenoxy) is 1. The van der Waals surface area contributed by atoms with Gasteiger partial charge >= 0.3 is 5.56 Å². The second kappa shape index (κ2) is 6.15. The van der Waals surface area contributed by atoms with Gasteiger partial charge in [-0.2, -0.15) is 0 Å². The first-order valence-electron chi connectivity index (χ1n) is 6.27. The van der Waals surface area contributed by atoms with E-state index in [1.165, 1.54) is 0 Å². The van der Waals surface area contributed by atoms with E-state index in [0.29, 0.717) is 18.8 Å². The predicted molar refractivity (Wildman–Crippen MR) is 73.2 cm³/mol. The second-order valence-electron chi connectivity index (χ2n) is 4.18. The van der Waals surface area contributed by atoms with Gasteiger partial charge in [-0.3, -0.25) is 4.79 Å². The van der Waals surface area contributed by atoms with Gasteiger partial charge in [0.1, 0.15) is 5.75 Å². The van der Waals surface area contributed by atoms with Crippen LogP contribution in [0.25, 0.3) is 0 Å². The molecule has 0 saturated heterocycles. The van der Waals surface area contributed by atoms with Crippen LogP contribution in [0.4, 0.5) is 0 Å². The van der Waals surface area contributed by atoms with Crippen molar-refractivity contribution in [2.75, 3.05) is 0 Å². The molecular formula is C14H17N3O2. The molecule has 2 aromatic rings. The van der Waals surface area contributed by atoms with Crippen LogP contribution in [0.1, 0.15) is 18.9 Å². The smallest absolute Gasteiger partial charge is 0.313 e. The molecule has 0 spiro atoms. The van der Waals surface area contributed by atoms with E-state index in [1.54, 1.807) is 29.1 Å². The molecule has 0 atom stereocenters. The zero-order chi connectivity index (χ0) is 13.7. The van der Waals surface area contributed by atoms with Crippen LogP contribution in [0, 0.1) is 0 Å². The van der Waals surface area contributed by atoms with Crippen LogP contribution in [-0.2, 0) is 13.1 Å². The zero-order valence-corrected chi connectivity index (χ0v) is 10.9. The molecule has 19 heavy (non-hydrogen) atoms. The molecule has 1 aromatic carbocycles. The number of nitrogens with zero attached hydrogens (tertiary/aromatic N) is 2. The summed E-state index contributed by atoms with van der Waals surface area (Å²) in [6, 6.07) is 7.28. The van der Waals surface area contributed by atoms with Crippen LogP contribution in [-0.4, -0.2) is 9.55 Å². The predicted octanol–water partition coefficient (Wildman–Crippen LogP) is 1.90. The van der Waals surface area contributed by atoms with Gasteiger partial charge in [-0.05, 0) is 24.1 Å². The van der Waals surface area contributed by atoms with Gasteiger partial charge in [-0.15, -0.1) is 0 Å². The molecule has 1 aromatic heterocycles. The van der Waals surface area contributed by atoms with Gasteiger partial charge in [0.25, 0.3) is 5.88 Å². The molecule has 0 bridgehead atoms. The molecule has 0 aliphatic rings. The molecule has 0 aliphatic carbocycles. The molecule has 0 unspecified atom stereocenters. The van der Waals surface area contributed by atoms with E-state index in [2.05, 4.69) is 4.98 Å². The van der Waals surface area contributed by atoms with E-state index in [9.17, 15) is 4.79 Å². The molecule has 5 nitrogen and oxygen atoms in total. The Bertz CT molecular complexity index is 590. The molecule has 0 radical (unpaired) electrons. The van der Waals surface area contributed by atoms with E-state index in [4.69, 9.17) is 10.5 Å². The Morgan fingerprint density at radius 1 is 1.32 bits per heavy atom. The Kier molecular flexibility index (Phi) is 4.30. The van der Waals surface area contributed by atoms with Gasteiger partial charge in [-0.25, -0.2) is 4.98 Å². The Balaban J connectivity index is 2.22. The first kappa shape index (κ1) is 13.3. The molecule has 100 valence electrons. The summed E-state index contributed by atoms with van der Waals surface area (Å²) in [7, 11) is 0. The lowest BCUT2D eigenvalue weighted by Crippen LogP contribution is -2.21. The first-order valence-corrected chi connectivity index (χ1v) is 6.27. The number of benzene rings is 1. The summed E-state index contributed by atoms with van der Waals surface area (Å²) in [5.74, 6) is 0.674. The average Bonchev–Trinajstić information content (AvgIpc) is 2.44. The summed E-state index contributed by atoms with van der Waals surface area (Å²) in [6.07, 6.45) is 4.12. The summed E-state index contributed by atoms with van der Waals surface area (Å²) in [5, 5.41) is 0. The molecule has 0 aliphatic heterocycles. The highest BCUT2D eigenvalue weighted by atomic mass is 16.5. The Hall–Kier alpha value is -2.14. The van der Waals surface area contributed by atoms with Gasteiger partial charge in [0.15, 0.2) is 0 Å². The number of aryl methyl sites for hydroxylation is 1. The van der Waals surface area contributed by atoms with Crippen molar-refractivity contribution in [2.45, 2.75) is 26.4 Å². The van der Waals surface area contributed by atoms with E-state index in [-0.39, 0.29) is 11.4 Å². The van der Waals surface area contributed by atoms with Gasteiger partial charge in [0.05, 0.1) is 0 Å². The van der Waals surface area contributed by atoms with Crippen LogP contribution < -0.4 is 16.0 Å². The summed E-state index contributed by atoms with van der Waals surface area (Å²) >= 11 is 0. The Morgan fingerprint density at radius 2 is 2.05 bits per heavy atom. The maximum Gasteiger partial charge on any atom is 0.313 e. The summed E-state index contributed by atoms with van der Waals surface area (Å²) in [4.78, 5) is 16.0. The van der Waals surface area contributed by atoms with Gasteiger partial charge in [-0.1, -0.05) is 19.1 Å². The average molecular weight is 259 g/mol. The SMILES string of the molecule is CCCn1ccnc(Oc2ccc(CN)cc2)c1=O. The van der Waals surface area contributed by atoms with Crippen molar-refractivity contribution in [3.63, 3.8) is 0 Å². The van der Waals surface area contributed by atoms with Crippen molar-refractivity contribution in [1.82, 2.24) is 9.55 Å². The van der Waals surface area contributed by atoms with Crippen LogP contribution >= 0.6 is 0 Å². The van der Waals surface area contributed by atoms with Gasteiger partial charge < -0.3 is 15.0 Å². The molecule has 2 rings (SSSR count). The topological polar surface area (TPSA) is 70.1 Å². The summed E-state index contributed by atoms with van der Waals surface area (Å²) < 4.78 is 7.10. The number of hydrogen-bond acceptors (Lipinski definition) is 4. The van der Waals surface area contributed by atoms with Crippen LogP contribution in [0.15, 0.2) is 41.5 Å². The lowest BCUT2D eigenvalue weighted by Gasteiger charge is -2.07. The van der Waals surface area contributed by atoms with E-state index < -0.39 is 0 Å². The molecular weight excluding hydrogens is 242 g/mol. The van der Waals surface area contributed by atoms with Crippen LogP contribution in [0.3, 0.4) is 0 Å². The van der Waals surface area contributed by atoms with Crippen LogP contribution in [0.2, 0.25) is 0 Å². The molecule has 2 N–H and O–H groups in total. The van der Waals surface area contributed by atoms with E-state index >= 15 is 0 Å². The fourth-order valence-electron chi connectivity index (χ4n) is 1.72. The number of aromatic nitrogens is 2. The minimum absolute atomic E-state index is 0.0939. The lowest BCUT2D eigenvalue weighted by molar-refractivity contribution is 0.443. The van der Waals surface area contributed by atoms with Crippen molar-refractivity contribution in [3.8, 4) is 11.6 Å². The molecule has 0 saturated carbocycles. The van der Waals surface area contributed by atoms with Crippen molar-refractivity contribution in [1.29, 1.82) is 0 Å². The highest BCUT2D eigenvalue weighted by molar-refractivity contribution is 5.29. The third kappa shape index (κ3) is 3.20. The van der Waals surface area contributed by atoms with Crippen molar-refractivity contribution >= 4 is 0 Å². The molecule has 5 heteroatoms. The lowest BCUT2D eigenvalue weighted by atomic mass is 10.2. The van der Waals surface area contributed by atoms with Gasteiger partial charge in [0.2, 0.25) is 0 Å². The van der Waals surface area contributed by atoms with Crippen molar-refractivity contribution in [3.05, 3.63) is 52.6 Å². The minimum Gasteiger partial charge on any atom is -0.435 e. The summed E-state index contributed by atoms with van der Waals surface area (Å²) in [6.45, 7) is 3.15. The molecule has 0 fully saturated rings. The molecule has 1 heterocycles. The van der Waals surface area contributed by atoms with Crippen molar-refractivity contribution < 1.29 is 4.74 Å². The van der Waals surface area contributed by atoms with Gasteiger partial charge in [0, 0.05) is 25.5 Å². The zero-order valence-electron chi connectivity index (χ0n) is 10.9. The van der Waals surface area contributed by atoms with E-state index in [0.717, 1.165) is 12.0 Å². The fourth-order valence-corrected chi connectivity index (χ4v) is 1.72. The van der Waals surface area contributed by atoms with Crippen LogP contribution in [0.5, 0.6) is 11.6 Å². The minimum atomic E-state index is -0.216. The number of rotatable bonds is 5. The Morgan fingerprint density at radius 3 is 2.68 bits per heavy atom. The standard InChI is InChI=1S/C14H17N3O2/c1-2-8-17-9-7-16-13(14(17)18)19-12-5-3-11(10-15)4-6-12/h3-7,9H,2,8,10,15H2,1H3. The largest absolute Gasteiger partial charge is 0.435 e. The fraction of sp³-hybridized carbons (Fsp3) is 0.286. The number of hydrogen-bond donors (Lipinski definition) is 1. The maximum atomic E-state index is 12.0. The first-order chi connectivity index (χ1) is 9.24. The highest BCUT2D eigenvalue weighted by Crippen LogP contribution is 2.16. The quantitative estimate of drug-likeness (QED) is 0.890. The Labute approximate surface area is 111 Å². The number of nitrogens with two attached hydrogens (primary N) is 1. The highest BCUT2D eigenvalue weighted by Gasteiger charge is 2.06. The monoisotopic (exact) mass is 259 g/mol. The molecule has 0 amide bonds. The van der Waals surface area contributed by atoms with E-state index in [1.807, 2.05) is 19.1 Å². The third-order valence-corrected chi connectivity index (χ3v) is 2.72. The van der Waals surface area contributed by atoms with Crippen molar-refractivity contribution in [2.24, 2.45) is 5.73 Å². The second-order valence-corrected chi connectivity index (χ2v) is 4.18. The summed E-state index contributed by atoms with van der Waals surface area (Å²) in [5.41, 5.74) is 6.32. The normalized spacial score (nSPS) is 10.4.